The fourth-order valence-corrected chi connectivity index (χ4v) is 2.44. The molecule has 6 nitrogen and oxygen atoms in total. The number of carbonyl (C=O) groups excluding carboxylic acids is 1. The third-order valence-electron chi connectivity index (χ3n) is 3.43. The van der Waals surface area contributed by atoms with Crippen LogP contribution in [0.1, 0.15) is 23.0 Å². The molecule has 7 heteroatoms. The highest BCUT2D eigenvalue weighted by molar-refractivity contribution is 6.30. The molecule has 0 N–H and O–H groups in total. The highest BCUT2D eigenvalue weighted by atomic mass is 35.5. The maximum atomic E-state index is 12.1. The van der Waals surface area contributed by atoms with Gasteiger partial charge in [-0.1, -0.05) is 11.6 Å². The van der Waals surface area contributed by atoms with Crippen molar-refractivity contribution in [2.24, 2.45) is 0 Å². The number of esters is 1. The number of pyridine rings is 1. The summed E-state index contributed by atoms with van der Waals surface area (Å²) in [5.41, 5.74) is 0.906. The number of rotatable bonds is 5. The average Bonchev–Trinajstić information content (AvgIpc) is 2.61. The van der Waals surface area contributed by atoms with E-state index < -0.39 is 5.97 Å². The molecule has 0 aliphatic carbocycles. The molecule has 0 spiro atoms. The van der Waals surface area contributed by atoms with Crippen LogP contribution in [-0.2, 0) is 11.3 Å². The van der Waals surface area contributed by atoms with Crippen LogP contribution < -0.4 is 10.3 Å². The van der Waals surface area contributed by atoms with Crippen molar-refractivity contribution in [3.63, 3.8) is 0 Å². The van der Waals surface area contributed by atoms with Crippen LogP contribution in [0.3, 0.4) is 0 Å². The first-order valence-corrected chi connectivity index (χ1v) is 8.02. The Hall–Kier alpha value is -2.86. The molecule has 0 fully saturated rings. The lowest BCUT2D eigenvalue weighted by molar-refractivity contribution is 0.0467. The number of hydrogen-bond donors (Lipinski definition) is 0. The van der Waals surface area contributed by atoms with Crippen LogP contribution in [0.15, 0.2) is 53.5 Å². The second kappa shape index (κ2) is 7.36. The second-order valence-electron chi connectivity index (χ2n) is 5.19. The predicted octanol–water partition coefficient (Wildman–Crippen LogP) is 3.10. The molecule has 0 saturated heterocycles. The zero-order chi connectivity index (χ0) is 17.8. The molecule has 0 bridgehead atoms. The molecule has 1 aromatic carbocycles. The molecular weight excluding hydrogens is 344 g/mol. The Balaban J connectivity index is 1.72. The highest BCUT2D eigenvalue weighted by Gasteiger charge is 2.10. The summed E-state index contributed by atoms with van der Waals surface area (Å²) in [5.74, 6) is 0.183. The van der Waals surface area contributed by atoms with E-state index in [1.54, 1.807) is 36.4 Å². The summed E-state index contributed by atoms with van der Waals surface area (Å²) in [4.78, 5) is 28.5. The van der Waals surface area contributed by atoms with Crippen molar-refractivity contribution in [1.82, 2.24) is 9.38 Å². The lowest BCUT2D eigenvalue weighted by Crippen LogP contribution is -2.16. The van der Waals surface area contributed by atoms with Gasteiger partial charge < -0.3 is 9.47 Å². The van der Waals surface area contributed by atoms with E-state index in [2.05, 4.69) is 4.98 Å². The van der Waals surface area contributed by atoms with Gasteiger partial charge in [-0.2, -0.15) is 0 Å². The van der Waals surface area contributed by atoms with E-state index in [4.69, 9.17) is 21.1 Å². The quantitative estimate of drug-likeness (QED) is 0.655. The summed E-state index contributed by atoms with van der Waals surface area (Å²) >= 11 is 5.87. The first-order chi connectivity index (χ1) is 12.1. The van der Waals surface area contributed by atoms with Crippen molar-refractivity contribution < 1.29 is 14.3 Å². The largest absolute Gasteiger partial charge is 0.494 e. The van der Waals surface area contributed by atoms with Crippen molar-refractivity contribution >= 4 is 23.2 Å². The first-order valence-electron chi connectivity index (χ1n) is 7.64. The third-order valence-corrected chi connectivity index (χ3v) is 3.65. The summed E-state index contributed by atoms with van der Waals surface area (Å²) in [6.07, 6.45) is 1.49. The van der Waals surface area contributed by atoms with Gasteiger partial charge in [0.1, 0.15) is 18.0 Å². The first kappa shape index (κ1) is 17.0. The summed E-state index contributed by atoms with van der Waals surface area (Å²) in [6, 6.07) is 11.2. The molecule has 0 aliphatic rings. The predicted molar refractivity (Wildman–Crippen MR) is 93.2 cm³/mol. The monoisotopic (exact) mass is 358 g/mol. The molecule has 0 atom stereocenters. The standard InChI is InChI=1S/C18H15ClN2O4/c1-2-24-15-6-3-12(4-7-15)18(23)25-11-14-9-17(22)21-10-13(19)5-8-16(21)20-14/h3-10H,2,11H2,1H3. The molecule has 3 aromatic rings. The molecule has 3 rings (SSSR count). The molecule has 25 heavy (non-hydrogen) atoms. The second-order valence-corrected chi connectivity index (χ2v) is 5.63. The number of halogens is 1. The van der Waals surface area contributed by atoms with Gasteiger partial charge in [-0.05, 0) is 43.3 Å². The molecule has 2 heterocycles. The Labute approximate surface area is 148 Å². The SMILES string of the molecule is CCOc1ccc(C(=O)OCc2cc(=O)n3cc(Cl)ccc3n2)cc1. The minimum atomic E-state index is -0.499. The fraction of sp³-hybridized carbons (Fsp3) is 0.167. The van der Waals surface area contributed by atoms with E-state index in [-0.39, 0.29) is 12.2 Å². The van der Waals surface area contributed by atoms with Gasteiger partial charge in [0.15, 0.2) is 0 Å². The van der Waals surface area contributed by atoms with E-state index >= 15 is 0 Å². The average molecular weight is 359 g/mol. The van der Waals surface area contributed by atoms with Crippen molar-refractivity contribution in [2.45, 2.75) is 13.5 Å². The lowest BCUT2D eigenvalue weighted by atomic mass is 10.2. The van der Waals surface area contributed by atoms with Gasteiger partial charge in [-0.15, -0.1) is 0 Å². The van der Waals surface area contributed by atoms with Crippen LogP contribution in [-0.4, -0.2) is 22.0 Å². The van der Waals surface area contributed by atoms with Gasteiger partial charge in [-0.3, -0.25) is 9.20 Å². The Bertz CT molecular complexity index is 967. The molecular formula is C18H15ClN2O4. The molecule has 128 valence electrons. The topological polar surface area (TPSA) is 69.9 Å². The van der Waals surface area contributed by atoms with Gasteiger partial charge in [0.25, 0.3) is 5.56 Å². The maximum absolute atomic E-state index is 12.1. The van der Waals surface area contributed by atoms with Crippen LogP contribution in [0.4, 0.5) is 0 Å². The van der Waals surface area contributed by atoms with E-state index in [0.717, 1.165) is 0 Å². The number of fused-ring (bicyclic) bond motifs is 1. The highest BCUT2D eigenvalue weighted by Crippen LogP contribution is 2.14. The Kier molecular flexibility index (Phi) is 5.00. The van der Waals surface area contributed by atoms with Crippen LogP contribution in [0.25, 0.3) is 5.65 Å². The van der Waals surface area contributed by atoms with E-state index in [9.17, 15) is 9.59 Å². The Morgan fingerprint density at radius 1 is 1.20 bits per heavy atom. The van der Waals surface area contributed by atoms with Crippen LogP contribution >= 0.6 is 11.6 Å². The zero-order valence-corrected chi connectivity index (χ0v) is 14.2. The number of carbonyl (C=O) groups is 1. The number of benzene rings is 1. The molecule has 0 unspecified atom stereocenters. The molecule has 0 amide bonds. The molecule has 2 aromatic heterocycles. The maximum Gasteiger partial charge on any atom is 0.338 e. The van der Waals surface area contributed by atoms with Crippen molar-refractivity contribution in [3.8, 4) is 5.75 Å². The van der Waals surface area contributed by atoms with Gasteiger partial charge in [-0.25, -0.2) is 9.78 Å². The Morgan fingerprint density at radius 2 is 1.96 bits per heavy atom. The molecule has 0 radical (unpaired) electrons. The van der Waals surface area contributed by atoms with E-state index in [1.807, 2.05) is 6.92 Å². The number of hydrogen-bond acceptors (Lipinski definition) is 5. The zero-order valence-electron chi connectivity index (χ0n) is 13.4. The summed E-state index contributed by atoms with van der Waals surface area (Å²) in [6.45, 7) is 2.34. The molecule has 0 aliphatic heterocycles. The minimum absolute atomic E-state index is 0.0968. The summed E-state index contributed by atoms with van der Waals surface area (Å²) < 4.78 is 11.9. The normalized spacial score (nSPS) is 10.6. The van der Waals surface area contributed by atoms with Crippen molar-refractivity contribution in [2.75, 3.05) is 6.61 Å². The lowest BCUT2D eigenvalue weighted by Gasteiger charge is -2.07. The molecule has 0 saturated carbocycles. The van der Waals surface area contributed by atoms with Gasteiger partial charge in [0.05, 0.1) is 22.9 Å². The van der Waals surface area contributed by atoms with Gasteiger partial charge in [0, 0.05) is 12.3 Å². The fourth-order valence-electron chi connectivity index (χ4n) is 2.28. The van der Waals surface area contributed by atoms with Crippen LogP contribution in [0, 0.1) is 0 Å². The van der Waals surface area contributed by atoms with Gasteiger partial charge in [0.2, 0.25) is 0 Å². The number of nitrogens with zero attached hydrogens (tertiary/aromatic N) is 2. The number of aromatic nitrogens is 2. The van der Waals surface area contributed by atoms with Gasteiger partial charge >= 0.3 is 5.97 Å². The summed E-state index contributed by atoms with van der Waals surface area (Å²) in [7, 11) is 0. The summed E-state index contributed by atoms with van der Waals surface area (Å²) in [5, 5.41) is 0.436. The van der Waals surface area contributed by atoms with Crippen molar-refractivity contribution in [3.05, 3.63) is 75.3 Å². The smallest absolute Gasteiger partial charge is 0.338 e. The van der Waals surface area contributed by atoms with E-state index in [0.29, 0.717) is 34.3 Å². The van der Waals surface area contributed by atoms with Crippen molar-refractivity contribution in [1.29, 1.82) is 0 Å². The minimum Gasteiger partial charge on any atom is -0.494 e. The Morgan fingerprint density at radius 3 is 2.68 bits per heavy atom. The number of ether oxygens (including phenoxy) is 2. The third kappa shape index (κ3) is 3.97. The van der Waals surface area contributed by atoms with Crippen LogP contribution in [0.2, 0.25) is 5.02 Å². The van der Waals surface area contributed by atoms with E-state index in [1.165, 1.54) is 16.7 Å². The van der Waals surface area contributed by atoms with Crippen LogP contribution in [0.5, 0.6) is 5.75 Å².